The summed E-state index contributed by atoms with van der Waals surface area (Å²) < 4.78 is 17.7. The third-order valence-corrected chi connectivity index (χ3v) is 7.98. The molecule has 4 aliphatic rings. The highest BCUT2D eigenvalue weighted by Crippen LogP contribution is 2.37. The number of aromatic nitrogens is 3. The Labute approximate surface area is 208 Å². The second-order valence-corrected chi connectivity index (χ2v) is 10.2. The maximum Gasteiger partial charge on any atom is 0.229 e. The van der Waals surface area contributed by atoms with Crippen LogP contribution in [0.4, 0.5) is 5.82 Å². The number of fused-ring (bicyclic) bond motifs is 6. The van der Waals surface area contributed by atoms with Crippen LogP contribution in [-0.2, 0) is 22.4 Å². The van der Waals surface area contributed by atoms with Crippen LogP contribution in [-0.4, -0.2) is 71.5 Å². The number of hydrogen-bond acceptors (Lipinski definition) is 8. The number of pyridine rings is 1. The Hall–Kier alpha value is -3.33. The number of hydrogen-bond donors (Lipinski definition) is 0. The minimum absolute atomic E-state index is 0.384. The van der Waals surface area contributed by atoms with Gasteiger partial charge in [-0.3, -0.25) is 4.90 Å². The number of ether oxygens (including phenoxy) is 2. The van der Waals surface area contributed by atoms with Crippen LogP contribution in [0, 0.1) is 0 Å². The lowest BCUT2D eigenvalue weighted by Crippen LogP contribution is -2.37. The van der Waals surface area contributed by atoms with E-state index in [2.05, 4.69) is 46.2 Å². The van der Waals surface area contributed by atoms with Gasteiger partial charge in [0.15, 0.2) is 17.2 Å². The van der Waals surface area contributed by atoms with E-state index >= 15 is 0 Å². The van der Waals surface area contributed by atoms with E-state index in [0.717, 1.165) is 73.7 Å². The van der Waals surface area contributed by atoms with Crippen LogP contribution in [0.25, 0.3) is 39.7 Å². The third kappa shape index (κ3) is 3.28. The molecule has 0 amide bonds. The summed E-state index contributed by atoms with van der Waals surface area (Å²) in [6, 6.07) is 9.12. The molecule has 0 N–H and O–H groups in total. The minimum atomic E-state index is 0.384. The van der Waals surface area contributed by atoms with Gasteiger partial charge in [0.25, 0.3) is 0 Å². The molecule has 8 heteroatoms. The number of nitrogens with zero attached hydrogens (tertiary/aromatic N) is 5. The molecule has 0 saturated carbocycles. The highest BCUT2D eigenvalue weighted by Gasteiger charge is 2.38. The van der Waals surface area contributed by atoms with Crippen molar-refractivity contribution in [3.05, 3.63) is 53.2 Å². The molecule has 182 valence electrons. The van der Waals surface area contributed by atoms with Gasteiger partial charge in [-0.2, -0.15) is 0 Å². The predicted octanol–water partition coefficient (Wildman–Crippen LogP) is 3.82. The first-order valence-corrected chi connectivity index (χ1v) is 12.9. The van der Waals surface area contributed by atoms with Gasteiger partial charge in [-0.1, -0.05) is 30.4 Å². The van der Waals surface area contributed by atoms with E-state index < -0.39 is 0 Å². The summed E-state index contributed by atoms with van der Waals surface area (Å²) in [6.45, 7) is 5.59. The smallest absolute Gasteiger partial charge is 0.229 e. The van der Waals surface area contributed by atoms with Crippen LogP contribution < -0.4 is 4.90 Å². The van der Waals surface area contributed by atoms with E-state index in [4.69, 9.17) is 28.8 Å². The Kier molecular flexibility index (Phi) is 4.68. The molecular formula is C28H27N5O3. The molecule has 0 radical (unpaired) electrons. The first-order valence-electron chi connectivity index (χ1n) is 12.9. The van der Waals surface area contributed by atoms with Crippen LogP contribution in [0.15, 0.2) is 41.0 Å². The van der Waals surface area contributed by atoms with Crippen molar-refractivity contribution in [1.82, 2.24) is 19.9 Å². The standard InChI is InChI=1S/C28H27N5O3/c1-3-18-4-2-6-22(21(18)5-1)26-30-24-23-11-17(14-33-15-20-12-19(33)16-35-20)13-29-28(23)36-25(24)27(31-26)32-7-9-34-10-8-32/h1-2,4-6,11,13,19-20H,3,7-10,12,14-16H2/t19-,20-/m1/s1. The van der Waals surface area contributed by atoms with Crippen molar-refractivity contribution in [2.24, 2.45) is 0 Å². The van der Waals surface area contributed by atoms with Gasteiger partial charge < -0.3 is 18.8 Å². The van der Waals surface area contributed by atoms with Crippen LogP contribution in [0.2, 0.25) is 0 Å². The van der Waals surface area contributed by atoms with E-state index in [1.807, 2.05) is 6.20 Å². The number of likely N-dealkylation sites (tertiary alicyclic amines) is 1. The molecule has 2 bridgehead atoms. The summed E-state index contributed by atoms with van der Waals surface area (Å²) in [5.74, 6) is 1.56. The van der Waals surface area contributed by atoms with E-state index in [1.165, 1.54) is 16.7 Å². The van der Waals surface area contributed by atoms with Crippen molar-refractivity contribution in [2.45, 2.75) is 31.5 Å². The lowest BCUT2D eigenvalue weighted by Gasteiger charge is -2.27. The van der Waals surface area contributed by atoms with Crippen molar-refractivity contribution in [2.75, 3.05) is 44.4 Å². The topological polar surface area (TPSA) is 76.8 Å². The van der Waals surface area contributed by atoms with Gasteiger partial charge in [-0.05, 0) is 35.6 Å². The molecule has 2 atom stereocenters. The molecular weight excluding hydrogens is 454 g/mol. The van der Waals surface area contributed by atoms with Gasteiger partial charge in [0, 0.05) is 44.0 Å². The van der Waals surface area contributed by atoms with Crippen LogP contribution in [0.3, 0.4) is 0 Å². The van der Waals surface area contributed by atoms with Gasteiger partial charge in [-0.25, -0.2) is 15.0 Å². The molecule has 0 unspecified atom stereocenters. The fourth-order valence-electron chi connectivity index (χ4n) is 6.15. The van der Waals surface area contributed by atoms with E-state index in [0.29, 0.717) is 36.7 Å². The van der Waals surface area contributed by atoms with Gasteiger partial charge in [-0.15, -0.1) is 0 Å². The highest BCUT2D eigenvalue weighted by molar-refractivity contribution is 6.05. The summed E-state index contributed by atoms with van der Waals surface area (Å²) in [4.78, 5) is 19.7. The summed E-state index contributed by atoms with van der Waals surface area (Å²) in [5.41, 5.74) is 6.91. The quantitative estimate of drug-likeness (QED) is 0.436. The third-order valence-electron chi connectivity index (χ3n) is 7.98. The molecule has 3 fully saturated rings. The Morgan fingerprint density at radius 2 is 2.06 bits per heavy atom. The van der Waals surface area contributed by atoms with Crippen molar-refractivity contribution in [3.63, 3.8) is 0 Å². The molecule has 3 saturated heterocycles. The van der Waals surface area contributed by atoms with Crippen molar-refractivity contribution in [1.29, 1.82) is 0 Å². The first-order chi connectivity index (χ1) is 17.8. The lowest BCUT2D eigenvalue weighted by molar-refractivity contribution is 0.0273. The minimum Gasteiger partial charge on any atom is -0.432 e. The number of furan rings is 1. The molecule has 1 aliphatic carbocycles. The summed E-state index contributed by atoms with van der Waals surface area (Å²) >= 11 is 0. The molecule has 3 aromatic heterocycles. The maximum absolute atomic E-state index is 6.33. The number of anilines is 1. The first kappa shape index (κ1) is 20.8. The molecule has 1 aromatic carbocycles. The SMILES string of the molecule is C1=Cc2c(cccc2-c2nc(N3CCOCC3)c3oc4ncc(CN5C[C@H]6C[C@@H]5CO6)cc4c3n2)C1. The summed E-state index contributed by atoms with van der Waals surface area (Å²) in [5, 5.41) is 0.949. The lowest BCUT2D eigenvalue weighted by atomic mass is 10.0. The zero-order chi connectivity index (χ0) is 23.6. The highest BCUT2D eigenvalue weighted by atomic mass is 16.5. The fraction of sp³-hybridized carbons (Fsp3) is 0.393. The fourth-order valence-corrected chi connectivity index (χ4v) is 6.15. The molecule has 8 rings (SSSR count). The molecule has 0 spiro atoms. The van der Waals surface area contributed by atoms with E-state index in [-0.39, 0.29) is 0 Å². The van der Waals surface area contributed by atoms with E-state index in [1.54, 1.807) is 0 Å². The molecule has 3 aliphatic heterocycles. The Morgan fingerprint density at radius 1 is 1.11 bits per heavy atom. The largest absolute Gasteiger partial charge is 0.432 e. The second-order valence-electron chi connectivity index (χ2n) is 10.2. The van der Waals surface area contributed by atoms with E-state index in [9.17, 15) is 0 Å². The molecule has 4 aromatic rings. The number of allylic oxidation sites excluding steroid dienone is 1. The van der Waals surface area contributed by atoms with Gasteiger partial charge >= 0.3 is 0 Å². The molecule has 6 heterocycles. The van der Waals surface area contributed by atoms with Crippen LogP contribution in [0.1, 0.15) is 23.1 Å². The summed E-state index contributed by atoms with van der Waals surface area (Å²) in [6.07, 6.45) is 8.80. The second kappa shape index (κ2) is 8.09. The van der Waals surface area contributed by atoms with Crippen molar-refractivity contribution < 1.29 is 13.9 Å². The number of morpholine rings is 2. The van der Waals surface area contributed by atoms with Crippen molar-refractivity contribution >= 4 is 34.1 Å². The maximum atomic E-state index is 6.33. The van der Waals surface area contributed by atoms with Crippen LogP contribution >= 0.6 is 0 Å². The molecule has 36 heavy (non-hydrogen) atoms. The molecule has 8 nitrogen and oxygen atoms in total. The number of benzene rings is 1. The zero-order valence-corrected chi connectivity index (χ0v) is 20.0. The Bertz CT molecular complexity index is 1520. The van der Waals surface area contributed by atoms with Crippen LogP contribution in [0.5, 0.6) is 0 Å². The van der Waals surface area contributed by atoms with Gasteiger partial charge in [0.2, 0.25) is 5.71 Å². The monoisotopic (exact) mass is 481 g/mol. The zero-order valence-electron chi connectivity index (χ0n) is 20.0. The van der Waals surface area contributed by atoms with Crippen molar-refractivity contribution in [3.8, 4) is 11.4 Å². The summed E-state index contributed by atoms with van der Waals surface area (Å²) in [7, 11) is 0. The van der Waals surface area contributed by atoms with Gasteiger partial charge in [0.05, 0.1) is 31.3 Å². The predicted molar refractivity (Wildman–Crippen MR) is 137 cm³/mol. The average Bonchev–Trinajstić information content (AvgIpc) is 3.72. The Morgan fingerprint density at radius 3 is 2.92 bits per heavy atom. The normalized spacial score (nSPS) is 23.4. The Balaban J connectivity index is 1.28. The number of rotatable bonds is 4. The van der Waals surface area contributed by atoms with Gasteiger partial charge in [0.1, 0.15) is 5.52 Å². The average molecular weight is 482 g/mol.